The lowest BCUT2D eigenvalue weighted by molar-refractivity contribution is -0.134. The Morgan fingerprint density at radius 1 is 1.04 bits per heavy atom. The van der Waals surface area contributed by atoms with E-state index in [1.165, 1.54) is 0 Å². The van der Waals surface area contributed by atoms with Crippen LogP contribution in [-0.4, -0.2) is 85.1 Å². The topological polar surface area (TPSA) is 55.8 Å². The van der Waals surface area contributed by atoms with E-state index in [1.807, 2.05) is 24.3 Å². The maximum Gasteiger partial charge on any atom is 0.225 e. The first-order valence-electron chi connectivity index (χ1n) is 10.4. The fraction of sp³-hybridized carbons (Fsp3) is 0.750. The first-order valence-corrected chi connectivity index (χ1v) is 10.4. The summed E-state index contributed by atoms with van der Waals surface area (Å²) in [5.41, 5.74) is 1.07. The van der Waals surface area contributed by atoms with E-state index in [9.17, 15) is 4.79 Å². The third kappa shape index (κ3) is 4.89. The average Bonchev–Trinajstić information content (AvgIpc) is 2.74. The van der Waals surface area contributed by atoms with Crippen molar-refractivity contribution in [2.75, 3.05) is 69.2 Å². The van der Waals surface area contributed by atoms with Gasteiger partial charge in [0.05, 0.1) is 18.1 Å². The number of carbonyl (C=O) groups excluding carboxylic acids is 1. The van der Waals surface area contributed by atoms with Gasteiger partial charge in [-0.3, -0.25) is 4.79 Å². The van der Waals surface area contributed by atoms with Crippen molar-refractivity contribution in [2.45, 2.75) is 33.1 Å². The van der Waals surface area contributed by atoms with Crippen molar-refractivity contribution in [3.8, 4) is 0 Å². The van der Waals surface area contributed by atoms with Crippen LogP contribution in [0, 0.1) is 5.92 Å². The summed E-state index contributed by atoms with van der Waals surface area (Å²) >= 11 is 0. The van der Waals surface area contributed by atoms with Crippen molar-refractivity contribution in [3.63, 3.8) is 0 Å². The highest BCUT2D eigenvalue weighted by molar-refractivity contribution is 5.78. The van der Waals surface area contributed by atoms with E-state index < -0.39 is 0 Å². The van der Waals surface area contributed by atoms with Crippen molar-refractivity contribution in [1.82, 2.24) is 19.8 Å². The molecule has 2 fully saturated rings. The minimum absolute atomic E-state index is 0.160. The molecule has 0 spiro atoms. The molecule has 7 heteroatoms. The first kappa shape index (κ1) is 19.9. The lowest BCUT2D eigenvalue weighted by Crippen LogP contribution is -2.46. The van der Waals surface area contributed by atoms with Gasteiger partial charge in [0, 0.05) is 58.8 Å². The van der Waals surface area contributed by atoms with Crippen LogP contribution >= 0.6 is 0 Å². The largest absolute Gasteiger partial charge is 0.369 e. The molecular weight excluding hydrogens is 340 g/mol. The maximum atomic E-state index is 12.5. The highest BCUT2D eigenvalue weighted by atomic mass is 16.2. The summed E-state index contributed by atoms with van der Waals surface area (Å²) in [6.45, 7) is 12.2. The Balaban J connectivity index is 1.51. The monoisotopic (exact) mass is 374 g/mol. The van der Waals surface area contributed by atoms with E-state index in [4.69, 9.17) is 0 Å². The second kappa shape index (κ2) is 9.35. The highest BCUT2D eigenvalue weighted by Gasteiger charge is 2.27. The molecule has 0 unspecified atom stereocenters. The minimum Gasteiger partial charge on any atom is -0.369 e. The van der Waals surface area contributed by atoms with Gasteiger partial charge in [0.25, 0.3) is 0 Å². The van der Waals surface area contributed by atoms with Crippen LogP contribution in [0.25, 0.3) is 0 Å². The number of rotatable bonds is 6. The molecule has 1 aromatic heterocycles. The summed E-state index contributed by atoms with van der Waals surface area (Å²) in [6.07, 6.45) is 6.72. The highest BCUT2D eigenvalue weighted by Crippen LogP contribution is 2.24. The van der Waals surface area contributed by atoms with Gasteiger partial charge in [0.1, 0.15) is 0 Å². The number of piperazine rings is 1. The van der Waals surface area contributed by atoms with Crippen LogP contribution in [0.5, 0.6) is 0 Å². The fourth-order valence-electron chi connectivity index (χ4n) is 4.05. The summed E-state index contributed by atoms with van der Waals surface area (Å²) in [7, 11) is 1.92. The van der Waals surface area contributed by atoms with E-state index in [-0.39, 0.29) is 5.92 Å². The molecule has 3 rings (SSSR count). The number of likely N-dealkylation sites (N-methyl/N-ethyl adjacent to an activating group) is 1. The van der Waals surface area contributed by atoms with E-state index >= 15 is 0 Å². The molecular formula is C20H34N6O. The zero-order valence-electron chi connectivity index (χ0n) is 17.1. The molecule has 0 saturated carbocycles. The molecule has 3 heterocycles. The molecule has 150 valence electrons. The molecule has 2 saturated heterocycles. The summed E-state index contributed by atoms with van der Waals surface area (Å²) < 4.78 is 0. The number of piperidine rings is 1. The Bertz CT molecular complexity index is 591. The zero-order chi connectivity index (χ0) is 19.2. The molecule has 0 N–H and O–H groups in total. The van der Waals surface area contributed by atoms with Gasteiger partial charge in [-0.1, -0.05) is 13.8 Å². The molecule has 2 aliphatic heterocycles. The molecule has 0 aromatic carbocycles. The van der Waals surface area contributed by atoms with Gasteiger partial charge in [-0.05, 0) is 25.8 Å². The number of amides is 1. The van der Waals surface area contributed by atoms with Crippen LogP contribution in [-0.2, 0) is 4.79 Å². The van der Waals surface area contributed by atoms with E-state index in [2.05, 4.69) is 38.5 Å². The van der Waals surface area contributed by atoms with Crippen molar-refractivity contribution in [2.24, 2.45) is 5.92 Å². The molecule has 27 heavy (non-hydrogen) atoms. The standard InChI is InChI=1S/C20H34N6O/c1-4-8-23(3)19(27)17-6-9-25(10-7-17)18-15-21-20(22-16-18)26-13-11-24(5-2)12-14-26/h15-17H,4-14H2,1-3H3. The van der Waals surface area contributed by atoms with Gasteiger partial charge >= 0.3 is 0 Å². The van der Waals surface area contributed by atoms with Crippen molar-refractivity contribution in [3.05, 3.63) is 12.4 Å². The lowest BCUT2D eigenvalue weighted by atomic mass is 9.95. The number of aromatic nitrogens is 2. The van der Waals surface area contributed by atoms with Crippen LogP contribution < -0.4 is 9.80 Å². The van der Waals surface area contributed by atoms with Crippen molar-refractivity contribution in [1.29, 1.82) is 0 Å². The molecule has 0 bridgehead atoms. The molecule has 7 nitrogen and oxygen atoms in total. The molecule has 0 atom stereocenters. The Labute approximate surface area is 163 Å². The van der Waals surface area contributed by atoms with Gasteiger partial charge in [-0.15, -0.1) is 0 Å². The molecule has 2 aliphatic rings. The summed E-state index contributed by atoms with van der Waals surface area (Å²) in [4.78, 5) is 30.6. The van der Waals surface area contributed by atoms with Crippen LogP contribution in [0.2, 0.25) is 0 Å². The SMILES string of the molecule is CCCN(C)C(=O)C1CCN(c2cnc(N3CCN(CC)CC3)nc2)CC1. The lowest BCUT2D eigenvalue weighted by Gasteiger charge is -2.35. The van der Waals surface area contributed by atoms with Crippen LogP contribution in [0.1, 0.15) is 33.1 Å². The Morgan fingerprint density at radius 2 is 1.67 bits per heavy atom. The van der Waals surface area contributed by atoms with Gasteiger partial charge in [-0.2, -0.15) is 0 Å². The van der Waals surface area contributed by atoms with Crippen molar-refractivity contribution < 1.29 is 4.79 Å². The number of carbonyl (C=O) groups is 1. The summed E-state index contributed by atoms with van der Waals surface area (Å²) in [5, 5.41) is 0. The maximum absolute atomic E-state index is 12.5. The second-order valence-electron chi connectivity index (χ2n) is 7.68. The van der Waals surface area contributed by atoms with E-state index in [1.54, 1.807) is 0 Å². The Morgan fingerprint density at radius 3 is 2.22 bits per heavy atom. The van der Waals surface area contributed by atoms with Crippen LogP contribution in [0.4, 0.5) is 11.6 Å². The first-order chi connectivity index (χ1) is 13.1. The van der Waals surface area contributed by atoms with Gasteiger partial charge in [-0.25, -0.2) is 9.97 Å². The molecule has 0 aliphatic carbocycles. The normalized spacial score (nSPS) is 19.4. The Hall–Kier alpha value is -1.89. The summed E-state index contributed by atoms with van der Waals surface area (Å²) in [6, 6.07) is 0. The van der Waals surface area contributed by atoms with Gasteiger partial charge in [0.15, 0.2) is 0 Å². The Kier molecular flexibility index (Phi) is 6.88. The molecule has 1 aromatic rings. The quantitative estimate of drug-likeness (QED) is 0.756. The van der Waals surface area contributed by atoms with Crippen LogP contribution in [0.15, 0.2) is 12.4 Å². The number of hydrogen-bond acceptors (Lipinski definition) is 6. The van der Waals surface area contributed by atoms with Gasteiger partial charge < -0.3 is 19.6 Å². The number of hydrogen-bond donors (Lipinski definition) is 0. The van der Waals surface area contributed by atoms with E-state index in [0.29, 0.717) is 5.91 Å². The van der Waals surface area contributed by atoms with E-state index in [0.717, 1.165) is 83.3 Å². The summed E-state index contributed by atoms with van der Waals surface area (Å²) in [5.74, 6) is 1.29. The number of anilines is 2. The van der Waals surface area contributed by atoms with Crippen molar-refractivity contribution >= 4 is 17.5 Å². The van der Waals surface area contributed by atoms with Gasteiger partial charge in [0.2, 0.25) is 11.9 Å². The smallest absolute Gasteiger partial charge is 0.225 e. The average molecular weight is 375 g/mol. The molecule has 1 amide bonds. The van der Waals surface area contributed by atoms with Crippen LogP contribution in [0.3, 0.4) is 0 Å². The predicted molar refractivity (Wildman–Crippen MR) is 109 cm³/mol. The number of nitrogens with zero attached hydrogens (tertiary/aromatic N) is 6. The molecule has 0 radical (unpaired) electrons. The zero-order valence-corrected chi connectivity index (χ0v) is 17.1. The fourth-order valence-corrected chi connectivity index (χ4v) is 4.05. The third-order valence-corrected chi connectivity index (χ3v) is 5.87. The second-order valence-corrected chi connectivity index (χ2v) is 7.68. The predicted octanol–water partition coefficient (Wildman–Crippen LogP) is 1.70. The minimum atomic E-state index is 0.160. The third-order valence-electron chi connectivity index (χ3n) is 5.87.